The summed E-state index contributed by atoms with van der Waals surface area (Å²) in [7, 11) is 3.86. The van der Waals surface area contributed by atoms with Crippen LogP contribution in [0.1, 0.15) is 31.7 Å². The highest BCUT2D eigenvalue weighted by Gasteiger charge is 2.13. The molecule has 2 rings (SSSR count). The van der Waals surface area contributed by atoms with Crippen molar-refractivity contribution in [1.82, 2.24) is 20.4 Å². The first-order valence-corrected chi connectivity index (χ1v) is 11.1. The number of hydrogen-bond acceptors (Lipinski definition) is 5. The third-order valence-corrected chi connectivity index (χ3v) is 5.19. The summed E-state index contributed by atoms with van der Waals surface area (Å²) >= 11 is 0. The van der Waals surface area contributed by atoms with Crippen molar-refractivity contribution in [2.75, 3.05) is 60.0 Å². The van der Waals surface area contributed by atoms with E-state index in [-0.39, 0.29) is 5.75 Å². The van der Waals surface area contributed by atoms with Gasteiger partial charge in [0.25, 0.3) is 0 Å². The predicted molar refractivity (Wildman–Crippen MR) is 120 cm³/mol. The molecular weight excluding hydrogens is 404 g/mol. The number of alkyl halides is 2. The van der Waals surface area contributed by atoms with Crippen LogP contribution in [-0.2, 0) is 6.54 Å². The van der Waals surface area contributed by atoms with Crippen LogP contribution >= 0.6 is 0 Å². The molecule has 1 heterocycles. The summed E-state index contributed by atoms with van der Waals surface area (Å²) in [6, 6.07) is 5.01. The van der Waals surface area contributed by atoms with Gasteiger partial charge in [-0.2, -0.15) is 8.78 Å². The Hall–Kier alpha value is -2.13. The van der Waals surface area contributed by atoms with Gasteiger partial charge in [0.2, 0.25) is 0 Å². The topological polar surface area (TPSA) is 61.4 Å². The number of rotatable bonds is 12. The average molecular weight is 442 g/mol. The minimum Gasteiger partial charge on any atom is -0.493 e. The number of piperazine rings is 1. The number of likely N-dealkylation sites (N-methyl/N-ethyl adjacent to an activating group) is 1. The maximum absolute atomic E-state index is 12.8. The van der Waals surface area contributed by atoms with Gasteiger partial charge in [-0.05, 0) is 45.0 Å². The molecule has 1 aromatic rings. The van der Waals surface area contributed by atoms with E-state index in [4.69, 9.17) is 4.74 Å². The molecule has 176 valence electrons. The summed E-state index contributed by atoms with van der Waals surface area (Å²) in [6.07, 6.45) is 3.00. The minimum atomic E-state index is -2.89. The standard InChI is InChI=1S/C22H37F2N5O2/c1-4-15-30-19-8-7-18(20(16-19)31-21(23)24)17-27-22(25-2)26-9-5-6-10-29-13-11-28(3)12-14-29/h7-8,16,21H,4-6,9-15,17H2,1-3H3,(H2,25,26,27). The molecule has 7 nitrogen and oxygen atoms in total. The number of unbranched alkanes of at least 4 members (excludes halogenated alkanes) is 1. The Labute approximate surface area is 184 Å². The fourth-order valence-corrected chi connectivity index (χ4v) is 3.33. The molecule has 9 heteroatoms. The van der Waals surface area contributed by atoms with Crippen molar-refractivity contribution in [3.8, 4) is 11.5 Å². The molecule has 0 radical (unpaired) electrons. The van der Waals surface area contributed by atoms with E-state index in [2.05, 4.69) is 37.2 Å². The van der Waals surface area contributed by atoms with Crippen molar-refractivity contribution in [1.29, 1.82) is 0 Å². The van der Waals surface area contributed by atoms with Gasteiger partial charge in [0.05, 0.1) is 6.61 Å². The number of ether oxygens (including phenoxy) is 2. The normalized spacial score (nSPS) is 15.9. The van der Waals surface area contributed by atoms with Gasteiger partial charge in [-0.25, -0.2) is 0 Å². The molecule has 1 saturated heterocycles. The number of halogens is 2. The molecule has 0 atom stereocenters. The van der Waals surface area contributed by atoms with E-state index in [1.165, 1.54) is 6.07 Å². The molecule has 31 heavy (non-hydrogen) atoms. The van der Waals surface area contributed by atoms with Crippen LogP contribution in [0.5, 0.6) is 11.5 Å². The van der Waals surface area contributed by atoms with Gasteiger partial charge >= 0.3 is 6.61 Å². The number of nitrogens with zero attached hydrogens (tertiary/aromatic N) is 3. The molecule has 1 aromatic carbocycles. The fourth-order valence-electron chi connectivity index (χ4n) is 3.33. The Morgan fingerprint density at radius 1 is 1.16 bits per heavy atom. The Morgan fingerprint density at radius 3 is 2.61 bits per heavy atom. The molecule has 0 aromatic heterocycles. The number of hydrogen-bond donors (Lipinski definition) is 2. The maximum Gasteiger partial charge on any atom is 0.387 e. The second-order valence-electron chi connectivity index (χ2n) is 7.70. The predicted octanol–water partition coefficient (Wildman–Crippen LogP) is 2.77. The molecule has 0 bridgehead atoms. The summed E-state index contributed by atoms with van der Waals surface area (Å²) in [6.45, 7) is 6.40. The molecule has 1 aliphatic rings. The first-order valence-electron chi connectivity index (χ1n) is 11.1. The van der Waals surface area contributed by atoms with Gasteiger partial charge in [-0.3, -0.25) is 4.99 Å². The summed E-state index contributed by atoms with van der Waals surface area (Å²) < 4.78 is 35.8. The summed E-state index contributed by atoms with van der Waals surface area (Å²) in [4.78, 5) is 9.08. The average Bonchev–Trinajstić information content (AvgIpc) is 2.76. The molecule has 1 aliphatic heterocycles. The van der Waals surface area contributed by atoms with Crippen molar-refractivity contribution in [2.45, 2.75) is 39.3 Å². The van der Waals surface area contributed by atoms with Crippen molar-refractivity contribution in [3.05, 3.63) is 23.8 Å². The highest BCUT2D eigenvalue weighted by atomic mass is 19.3. The third kappa shape index (κ3) is 9.69. The van der Waals surface area contributed by atoms with Crippen molar-refractivity contribution < 1.29 is 18.3 Å². The number of aliphatic imine (C=N–C) groups is 1. The van der Waals surface area contributed by atoms with E-state index in [9.17, 15) is 8.78 Å². The zero-order chi connectivity index (χ0) is 22.5. The van der Waals surface area contributed by atoms with Gasteiger partial charge in [0.15, 0.2) is 5.96 Å². The molecule has 0 unspecified atom stereocenters. The smallest absolute Gasteiger partial charge is 0.387 e. The monoisotopic (exact) mass is 441 g/mol. The van der Waals surface area contributed by atoms with Crippen molar-refractivity contribution in [3.63, 3.8) is 0 Å². The highest BCUT2D eigenvalue weighted by Crippen LogP contribution is 2.26. The van der Waals surface area contributed by atoms with E-state index < -0.39 is 6.61 Å². The largest absolute Gasteiger partial charge is 0.493 e. The van der Waals surface area contributed by atoms with Gasteiger partial charge in [-0.1, -0.05) is 6.92 Å². The van der Waals surface area contributed by atoms with E-state index in [1.807, 2.05) is 6.92 Å². The van der Waals surface area contributed by atoms with Crippen LogP contribution in [0.2, 0.25) is 0 Å². The first kappa shape index (κ1) is 25.1. The van der Waals surface area contributed by atoms with Crippen LogP contribution in [0.3, 0.4) is 0 Å². The van der Waals surface area contributed by atoms with Gasteiger partial charge in [-0.15, -0.1) is 0 Å². The zero-order valence-electron chi connectivity index (χ0n) is 19.0. The number of benzene rings is 1. The van der Waals surface area contributed by atoms with Crippen LogP contribution in [0.25, 0.3) is 0 Å². The van der Waals surface area contributed by atoms with Gasteiger partial charge in [0, 0.05) is 57.9 Å². The Balaban J connectivity index is 1.75. The van der Waals surface area contributed by atoms with Crippen molar-refractivity contribution >= 4 is 5.96 Å². The van der Waals surface area contributed by atoms with Crippen molar-refractivity contribution in [2.24, 2.45) is 4.99 Å². The molecule has 0 saturated carbocycles. The maximum atomic E-state index is 12.8. The van der Waals surface area contributed by atoms with Gasteiger partial charge < -0.3 is 29.9 Å². The Bertz CT molecular complexity index is 667. The first-order chi connectivity index (χ1) is 15.0. The Kier molecular flexibility index (Phi) is 11.4. The van der Waals surface area contributed by atoms with Gasteiger partial charge in [0.1, 0.15) is 11.5 Å². The molecule has 1 fully saturated rings. The van der Waals surface area contributed by atoms with Crippen LogP contribution in [0, 0.1) is 0 Å². The zero-order valence-corrected chi connectivity index (χ0v) is 19.0. The summed E-state index contributed by atoms with van der Waals surface area (Å²) in [5.41, 5.74) is 0.613. The summed E-state index contributed by atoms with van der Waals surface area (Å²) in [5.74, 6) is 1.26. The lowest BCUT2D eigenvalue weighted by Gasteiger charge is -2.32. The minimum absolute atomic E-state index is 0.110. The second-order valence-corrected chi connectivity index (χ2v) is 7.70. The van der Waals surface area contributed by atoms with Crippen LogP contribution < -0.4 is 20.1 Å². The Morgan fingerprint density at radius 2 is 1.94 bits per heavy atom. The van der Waals surface area contributed by atoms with E-state index in [0.717, 1.165) is 58.5 Å². The molecule has 0 amide bonds. The van der Waals surface area contributed by atoms with Crippen LogP contribution in [0.4, 0.5) is 8.78 Å². The molecule has 2 N–H and O–H groups in total. The summed E-state index contributed by atoms with van der Waals surface area (Å²) in [5, 5.41) is 6.45. The molecule has 0 aliphatic carbocycles. The fraction of sp³-hybridized carbons (Fsp3) is 0.682. The van der Waals surface area contributed by atoms with Crippen LogP contribution in [0.15, 0.2) is 23.2 Å². The number of nitrogens with one attached hydrogen (secondary N) is 2. The highest BCUT2D eigenvalue weighted by molar-refractivity contribution is 5.79. The molecule has 0 spiro atoms. The lowest BCUT2D eigenvalue weighted by atomic mass is 10.2. The van der Waals surface area contributed by atoms with Crippen LogP contribution in [-0.4, -0.2) is 82.3 Å². The lowest BCUT2D eigenvalue weighted by molar-refractivity contribution is -0.0505. The third-order valence-electron chi connectivity index (χ3n) is 5.19. The quantitative estimate of drug-likeness (QED) is 0.296. The number of guanidine groups is 1. The second kappa shape index (κ2) is 14.0. The lowest BCUT2D eigenvalue weighted by Crippen LogP contribution is -2.44. The van der Waals surface area contributed by atoms with E-state index >= 15 is 0 Å². The molecular formula is C22H37F2N5O2. The SMILES string of the molecule is CCCOc1ccc(CNC(=NC)NCCCCN2CCN(C)CC2)c(OC(F)F)c1. The van der Waals surface area contributed by atoms with E-state index in [0.29, 0.717) is 30.4 Å². The van der Waals surface area contributed by atoms with E-state index in [1.54, 1.807) is 19.2 Å².